The molecule has 8 nitrogen and oxygen atoms in total. The summed E-state index contributed by atoms with van der Waals surface area (Å²) >= 11 is 0. The zero-order chi connectivity index (χ0) is 21.3. The third-order valence-corrected chi connectivity index (χ3v) is 4.85. The zero-order valence-corrected chi connectivity index (χ0v) is 17.4. The fraction of sp³-hybridized carbons (Fsp3) is 0.227. The number of hydrogen-bond acceptors (Lipinski definition) is 5. The number of aryl methyl sites for hydroxylation is 2. The Bertz CT molecular complexity index is 1210. The smallest absolute Gasteiger partial charge is 0.295 e. The Morgan fingerprint density at radius 1 is 1.10 bits per heavy atom. The minimum atomic E-state index is -0.367. The lowest BCUT2D eigenvalue weighted by atomic mass is 10.0. The van der Waals surface area contributed by atoms with Gasteiger partial charge in [-0.15, -0.1) is 15.3 Å². The van der Waals surface area contributed by atoms with Crippen LogP contribution in [-0.2, 0) is 7.05 Å². The van der Waals surface area contributed by atoms with Crippen LogP contribution in [0.15, 0.2) is 54.9 Å². The Morgan fingerprint density at radius 3 is 2.63 bits per heavy atom. The van der Waals surface area contributed by atoms with Gasteiger partial charge in [0.05, 0.1) is 5.69 Å². The van der Waals surface area contributed by atoms with Crippen LogP contribution in [0.3, 0.4) is 0 Å². The third-order valence-electron chi connectivity index (χ3n) is 4.85. The van der Waals surface area contributed by atoms with E-state index in [0.717, 1.165) is 22.6 Å². The third kappa shape index (κ3) is 3.71. The summed E-state index contributed by atoms with van der Waals surface area (Å²) in [4.78, 5) is 17.2. The van der Waals surface area contributed by atoms with Crippen LogP contribution < -0.4 is 5.32 Å². The van der Waals surface area contributed by atoms with E-state index in [2.05, 4.69) is 45.5 Å². The minimum Gasteiger partial charge on any atom is -0.319 e. The molecule has 1 N–H and O–H groups in total. The molecule has 4 rings (SSSR count). The molecule has 152 valence electrons. The summed E-state index contributed by atoms with van der Waals surface area (Å²) in [7, 11) is 1.87. The molecule has 0 fully saturated rings. The molecule has 2 aromatic carbocycles. The first-order valence-corrected chi connectivity index (χ1v) is 9.73. The van der Waals surface area contributed by atoms with Gasteiger partial charge in [-0.2, -0.15) is 0 Å². The molecule has 30 heavy (non-hydrogen) atoms. The van der Waals surface area contributed by atoms with Crippen molar-refractivity contribution in [2.45, 2.75) is 26.7 Å². The number of amides is 1. The average Bonchev–Trinajstić information content (AvgIpc) is 3.33. The van der Waals surface area contributed by atoms with E-state index >= 15 is 0 Å². The molecule has 0 aliphatic carbocycles. The molecule has 2 heterocycles. The molecule has 2 aromatic heterocycles. The van der Waals surface area contributed by atoms with Crippen LogP contribution in [0.25, 0.3) is 17.1 Å². The molecule has 1 amide bonds. The number of carbonyl (C=O) groups is 1. The van der Waals surface area contributed by atoms with Crippen LogP contribution in [0.4, 0.5) is 5.69 Å². The summed E-state index contributed by atoms with van der Waals surface area (Å²) in [5.74, 6) is 1.45. The first-order chi connectivity index (χ1) is 14.4. The van der Waals surface area contributed by atoms with Gasteiger partial charge in [0.1, 0.15) is 12.2 Å². The molecule has 0 saturated carbocycles. The number of hydrogen-bond donors (Lipinski definition) is 1. The lowest BCUT2D eigenvalue weighted by Gasteiger charge is -2.12. The minimum absolute atomic E-state index is 0.120. The van der Waals surface area contributed by atoms with Gasteiger partial charge in [0.2, 0.25) is 5.82 Å². The summed E-state index contributed by atoms with van der Waals surface area (Å²) in [6.45, 7) is 6.10. The van der Waals surface area contributed by atoms with Crippen molar-refractivity contribution in [3.63, 3.8) is 0 Å². The Labute approximate surface area is 174 Å². The summed E-state index contributed by atoms with van der Waals surface area (Å²) in [5, 5.41) is 15.4. The van der Waals surface area contributed by atoms with Crippen molar-refractivity contribution in [1.82, 2.24) is 29.5 Å². The maximum Gasteiger partial charge on any atom is 0.295 e. The highest BCUT2D eigenvalue weighted by molar-refractivity contribution is 6.01. The van der Waals surface area contributed by atoms with Gasteiger partial charge in [-0.3, -0.25) is 4.79 Å². The number of anilines is 1. The Kier molecular flexibility index (Phi) is 5.14. The molecular formula is C22H23N7O. The average molecular weight is 401 g/mol. The molecule has 8 heteroatoms. The fourth-order valence-electron chi connectivity index (χ4n) is 3.35. The van der Waals surface area contributed by atoms with Gasteiger partial charge in [-0.1, -0.05) is 44.2 Å². The van der Waals surface area contributed by atoms with E-state index < -0.39 is 0 Å². The lowest BCUT2D eigenvalue weighted by molar-refractivity contribution is 0.101. The van der Waals surface area contributed by atoms with Crippen molar-refractivity contribution in [3.8, 4) is 17.1 Å². The van der Waals surface area contributed by atoms with Crippen LogP contribution >= 0.6 is 0 Å². The molecule has 0 unspecified atom stereocenters. The van der Waals surface area contributed by atoms with Gasteiger partial charge in [-0.05, 0) is 36.6 Å². The maximum atomic E-state index is 12.8. The fourth-order valence-corrected chi connectivity index (χ4v) is 3.35. The first-order valence-electron chi connectivity index (χ1n) is 9.73. The highest BCUT2D eigenvalue weighted by Gasteiger charge is 2.18. The molecule has 0 aliphatic rings. The first kappa shape index (κ1) is 19.5. The van der Waals surface area contributed by atoms with Gasteiger partial charge >= 0.3 is 0 Å². The van der Waals surface area contributed by atoms with Crippen LogP contribution in [-0.4, -0.2) is 35.4 Å². The van der Waals surface area contributed by atoms with Crippen LogP contribution in [0.1, 0.15) is 41.8 Å². The summed E-state index contributed by atoms with van der Waals surface area (Å²) in [6, 6.07) is 15.5. The topological polar surface area (TPSA) is 90.5 Å². The van der Waals surface area contributed by atoms with Crippen LogP contribution in [0.2, 0.25) is 0 Å². The number of nitrogens with zero attached hydrogens (tertiary/aromatic N) is 6. The van der Waals surface area contributed by atoms with Crippen LogP contribution in [0, 0.1) is 6.92 Å². The highest BCUT2D eigenvalue weighted by Crippen LogP contribution is 2.24. The van der Waals surface area contributed by atoms with E-state index in [-0.39, 0.29) is 11.7 Å². The van der Waals surface area contributed by atoms with E-state index in [1.165, 1.54) is 0 Å². The van der Waals surface area contributed by atoms with Crippen molar-refractivity contribution >= 4 is 11.6 Å². The number of benzene rings is 2. The second-order valence-corrected chi connectivity index (χ2v) is 7.41. The maximum absolute atomic E-state index is 12.8. The standard InChI is InChI=1S/C22H23N7O/c1-14(2)18-10-5-6-11-19(18)29-15(3)24-20(27-29)22(30)25-17-9-7-8-16(12-17)21-26-23-13-28(21)4/h5-14H,1-4H3,(H,25,30). The molecule has 0 spiro atoms. The van der Waals surface area contributed by atoms with Crippen molar-refractivity contribution in [2.75, 3.05) is 5.32 Å². The Balaban J connectivity index is 1.60. The van der Waals surface area contributed by atoms with Crippen molar-refractivity contribution in [2.24, 2.45) is 7.05 Å². The number of rotatable bonds is 5. The molecule has 0 aliphatic heterocycles. The highest BCUT2D eigenvalue weighted by atomic mass is 16.2. The predicted octanol–water partition coefficient (Wildman–Crippen LogP) is 3.75. The zero-order valence-electron chi connectivity index (χ0n) is 17.4. The molecule has 0 radical (unpaired) electrons. The van der Waals surface area contributed by atoms with Gasteiger partial charge in [-0.25, -0.2) is 9.67 Å². The molecular weight excluding hydrogens is 378 g/mol. The van der Waals surface area contributed by atoms with E-state index in [1.54, 1.807) is 11.0 Å². The second-order valence-electron chi connectivity index (χ2n) is 7.41. The Morgan fingerprint density at radius 2 is 1.90 bits per heavy atom. The largest absolute Gasteiger partial charge is 0.319 e. The number of aromatic nitrogens is 6. The predicted molar refractivity (Wildman–Crippen MR) is 115 cm³/mol. The summed E-state index contributed by atoms with van der Waals surface area (Å²) in [6.07, 6.45) is 1.63. The van der Waals surface area contributed by atoms with Crippen molar-refractivity contribution < 1.29 is 4.79 Å². The van der Waals surface area contributed by atoms with Gasteiger partial charge < -0.3 is 9.88 Å². The number of carbonyl (C=O) groups excluding carboxylic acids is 1. The van der Waals surface area contributed by atoms with Crippen molar-refractivity contribution in [3.05, 3.63) is 72.1 Å². The van der Waals surface area contributed by atoms with E-state index in [0.29, 0.717) is 17.4 Å². The molecule has 0 saturated heterocycles. The van der Waals surface area contributed by atoms with Gasteiger partial charge in [0.15, 0.2) is 5.82 Å². The molecule has 0 atom stereocenters. The van der Waals surface area contributed by atoms with E-state index in [4.69, 9.17) is 0 Å². The summed E-state index contributed by atoms with van der Waals surface area (Å²) < 4.78 is 3.54. The lowest BCUT2D eigenvalue weighted by Crippen LogP contribution is -2.14. The van der Waals surface area contributed by atoms with E-state index in [9.17, 15) is 4.79 Å². The monoisotopic (exact) mass is 401 g/mol. The molecule has 0 bridgehead atoms. The second kappa shape index (κ2) is 7.90. The quantitative estimate of drug-likeness (QED) is 0.550. The number of nitrogens with one attached hydrogen (secondary N) is 1. The normalized spacial score (nSPS) is 11.1. The SMILES string of the molecule is Cc1nc(C(=O)Nc2cccc(-c3nncn3C)c2)nn1-c1ccccc1C(C)C. The van der Waals surface area contributed by atoms with Gasteiger partial charge in [0, 0.05) is 18.3 Å². The molecule has 4 aromatic rings. The number of para-hydroxylation sites is 1. The van der Waals surface area contributed by atoms with Crippen LogP contribution in [0.5, 0.6) is 0 Å². The van der Waals surface area contributed by atoms with E-state index in [1.807, 2.05) is 61.0 Å². The van der Waals surface area contributed by atoms with Gasteiger partial charge in [0.25, 0.3) is 5.91 Å². The summed E-state index contributed by atoms with van der Waals surface area (Å²) in [5.41, 5.74) is 3.57. The Hall–Kier alpha value is -3.81. The van der Waals surface area contributed by atoms with Crippen molar-refractivity contribution in [1.29, 1.82) is 0 Å².